The van der Waals surface area contributed by atoms with Crippen LogP contribution in [-0.4, -0.2) is 77.8 Å². The molecule has 0 spiro atoms. The first-order valence-corrected chi connectivity index (χ1v) is 19.0. The quantitative estimate of drug-likeness (QED) is 0.131. The minimum Gasteiger partial charge on any atom is -0.508 e. The Hall–Kier alpha value is -5.29. The number of ether oxygens (including phenoxy) is 2. The third-order valence-corrected chi connectivity index (χ3v) is 11.0. The van der Waals surface area contributed by atoms with Gasteiger partial charge in [-0.15, -0.1) is 5.10 Å². The third kappa shape index (κ3) is 8.73. The summed E-state index contributed by atoms with van der Waals surface area (Å²) in [6, 6.07) is 28.2. The predicted molar refractivity (Wildman–Crippen MR) is 199 cm³/mol. The van der Waals surface area contributed by atoms with Crippen LogP contribution >= 0.6 is 11.8 Å². The van der Waals surface area contributed by atoms with E-state index in [2.05, 4.69) is 27.8 Å². The van der Waals surface area contributed by atoms with Crippen molar-refractivity contribution in [1.82, 2.24) is 30.4 Å². The second-order valence-electron chi connectivity index (χ2n) is 13.7. The molecule has 5 atom stereocenters. The Morgan fingerprint density at radius 3 is 2.39 bits per heavy atom. The van der Waals surface area contributed by atoms with Crippen molar-refractivity contribution in [2.24, 2.45) is 5.92 Å². The van der Waals surface area contributed by atoms with Crippen LogP contribution in [0.5, 0.6) is 5.75 Å². The largest absolute Gasteiger partial charge is 0.508 e. The summed E-state index contributed by atoms with van der Waals surface area (Å²) in [7, 11) is 0. The van der Waals surface area contributed by atoms with Crippen LogP contribution in [0.3, 0.4) is 0 Å². The molecule has 2 fully saturated rings. The Labute approximate surface area is 324 Å². The zero-order valence-corrected chi connectivity index (χ0v) is 31.0. The van der Waals surface area contributed by atoms with Crippen LogP contribution in [0.1, 0.15) is 54.4 Å². The topological polar surface area (TPSA) is 152 Å². The lowest BCUT2D eigenvalue weighted by Crippen LogP contribution is -2.50. The van der Waals surface area contributed by atoms with Crippen LogP contribution in [0.15, 0.2) is 102 Å². The highest BCUT2D eigenvalue weighted by molar-refractivity contribution is 7.99. The Kier molecular flexibility index (Phi) is 11.7. The number of rotatable bonds is 11. The molecule has 2 amide bonds. The molecule has 0 radical (unpaired) electrons. The Bertz CT molecular complexity index is 2150. The molecule has 2 aliphatic rings. The number of amides is 2. The molecule has 12 nitrogen and oxygen atoms in total. The maximum absolute atomic E-state index is 13.1. The lowest BCUT2D eigenvalue weighted by Gasteiger charge is -2.41. The van der Waals surface area contributed by atoms with Gasteiger partial charge in [-0.05, 0) is 87.5 Å². The van der Waals surface area contributed by atoms with Crippen molar-refractivity contribution in [2.75, 3.05) is 12.3 Å². The normalized spacial score (nSPS) is 21.2. The SMILES string of the molecule is C[C@@H]1[C@H](CSc2nnnn2-c2ccc(O)cc2)O[C@H](c2cccc(-c3cccc(CNC(=O)[C@@H]4CCCN4C(=O)C(F)(F)F)c3)c2)O[C@@H]1c1ccc(CO)cc1. The highest BCUT2D eigenvalue weighted by Gasteiger charge is 2.47. The number of carbonyl (C=O) groups excluding carboxylic acids is 2. The number of halogens is 3. The summed E-state index contributed by atoms with van der Waals surface area (Å²) < 4.78 is 54.3. The summed E-state index contributed by atoms with van der Waals surface area (Å²) in [5, 5.41) is 34.9. The number of tetrazole rings is 1. The average molecular weight is 789 g/mol. The van der Waals surface area contributed by atoms with Crippen LogP contribution in [0.25, 0.3) is 16.8 Å². The van der Waals surface area contributed by atoms with Crippen molar-refractivity contribution in [1.29, 1.82) is 0 Å². The maximum atomic E-state index is 13.1. The van der Waals surface area contributed by atoms with E-state index in [9.17, 15) is 33.0 Å². The minimum atomic E-state index is -5.04. The zero-order valence-electron chi connectivity index (χ0n) is 30.2. The molecule has 5 aromatic rings. The summed E-state index contributed by atoms with van der Waals surface area (Å²) in [5.41, 5.74) is 5.59. The number of phenolic OH excluding ortho intramolecular Hbond substituents is 1. The summed E-state index contributed by atoms with van der Waals surface area (Å²) in [5.74, 6) is -2.11. The number of nitrogens with one attached hydrogen (secondary N) is 1. The van der Waals surface area contributed by atoms with Gasteiger partial charge in [-0.3, -0.25) is 9.59 Å². The van der Waals surface area contributed by atoms with Gasteiger partial charge >= 0.3 is 12.1 Å². The lowest BCUT2D eigenvalue weighted by atomic mass is 9.91. The van der Waals surface area contributed by atoms with E-state index in [1.54, 1.807) is 28.9 Å². The van der Waals surface area contributed by atoms with Crippen molar-refractivity contribution in [3.63, 3.8) is 0 Å². The number of nitrogens with zero attached hydrogens (tertiary/aromatic N) is 5. The molecule has 0 unspecified atom stereocenters. The van der Waals surface area contributed by atoms with Gasteiger partial charge in [0.15, 0.2) is 6.29 Å². The van der Waals surface area contributed by atoms with E-state index in [-0.39, 0.29) is 50.0 Å². The number of benzene rings is 4. The van der Waals surface area contributed by atoms with Crippen LogP contribution < -0.4 is 5.32 Å². The van der Waals surface area contributed by atoms with Gasteiger partial charge < -0.3 is 29.9 Å². The lowest BCUT2D eigenvalue weighted by molar-refractivity contribution is -0.268. The molecule has 0 bridgehead atoms. The Balaban J connectivity index is 1.08. The molecule has 0 aliphatic carbocycles. The smallest absolute Gasteiger partial charge is 0.471 e. The van der Waals surface area contributed by atoms with Gasteiger partial charge in [-0.1, -0.05) is 79.3 Å². The van der Waals surface area contributed by atoms with Crippen molar-refractivity contribution < 1.29 is 42.4 Å². The maximum Gasteiger partial charge on any atom is 0.471 e. The number of aliphatic hydroxyl groups is 1. The molecule has 7 rings (SSSR count). The zero-order chi connectivity index (χ0) is 39.4. The number of likely N-dealkylation sites (tertiary alicyclic amines) is 1. The number of carbonyl (C=O) groups is 2. The standard InChI is InChI=1S/C40H39F3N6O6S/c1-24-34(23-56-39-45-46-47-49(39)31-14-16-32(51)17-15-31)54-37(55-35(24)27-12-10-25(22-50)11-13-27)30-8-3-7-29(20-30)28-6-2-5-26(19-28)21-44-36(52)33-9-4-18-48(33)38(53)40(41,42)43/h2-3,5-8,10-17,19-20,24,33-35,37,50-51H,4,9,18,21-23H2,1H3,(H,44,52)/t24-,33+,34+,35+,37+/m1/s1. The average Bonchev–Trinajstić information content (AvgIpc) is 3.90. The van der Waals surface area contributed by atoms with Gasteiger partial charge in [0.05, 0.1) is 24.5 Å². The molecule has 0 saturated carbocycles. The molecule has 3 heterocycles. The van der Waals surface area contributed by atoms with Gasteiger partial charge in [0.1, 0.15) is 11.8 Å². The number of hydrogen-bond acceptors (Lipinski definition) is 10. The van der Waals surface area contributed by atoms with E-state index in [4.69, 9.17) is 9.47 Å². The predicted octanol–water partition coefficient (Wildman–Crippen LogP) is 6.28. The van der Waals surface area contributed by atoms with Crippen LogP contribution in [0.2, 0.25) is 0 Å². The first kappa shape index (κ1) is 39.0. The molecule has 3 N–H and O–H groups in total. The number of aliphatic hydroxyl groups excluding tert-OH is 1. The molecular weight excluding hydrogens is 750 g/mol. The fourth-order valence-electron chi connectivity index (χ4n) is 6.97. The monoisotopic (exact) mass is 788 g/mol. The first-order chi connectivity index (χ1) is 27.0. The van der Waals surface area contributed by atoms with Crippen molar-refractivity contribution in [3.05, 3.63) is 119 Å². The van der Waals surface area contributed by atoms with E-state index < -0.39 is 30.3 Å². The number of hydrogen-bond donors (Lipinski definition) is 3. The van der Waals surface area contributed by atoms with Crippen molar-refractivity contribution in [2.45, 2.75) is 68.8 Å². The molecule has 4 aromatic carbocycles. The Morgan fingerprint density at radius 2 is 1.66 bits per heavy atom. The van der Waals surface area contributed by atoms with E-state index in [0.29, 0.717) is 27.9 Å². The van der Waals surface area contributed by atoms with Gasteiger partial charge in [0.2, 0.25) is 11.1 Å². The van der Waals surface area contributed by atoms with Crippen LogP contribution in [-0.2, 0) is 32.2 Å². The fourth-order valence-corrected chi connectivity index (χ4v) is 8.02. The summed E-state index contributed by atoms with van der Waals surface area (Å²) in [6.45, 7) is 1.93. The molecule has 56 heavy (non-hydrogen) atoms. The summed E-state index contributed by atoms with van der Waals surface area (Å²) in [4.78, 5) is 25.4. The molecule has 1 aromatic heterocycles. The van der Waals surface area contributed by atoms with E-state index in [1.807, 2.05) is 72.8 Å². The summed E-state index contributed by atoms with van der Waals surface area (Å²) in [6.07, 6.45) is -6.00. The van der Waals surface area contributed by atoms with Gasteiger partial charge in [0, 0.05) is 30.3 Å². The number of aromatic nitrogens is 4. The van der Waals surface area contributed by atoms with Crippen molar-refractivity contribution >= 4 is 23.6 Å². The van der Waals surface area contributed by atoms with Crippen LogP contribution in [0.4, 0.5) is 13.2 Å². The highest BCUT2D eigenvalue weighted by Crippen LogP contribution is 2.43. The first-order valence-electron chi connectivity index (χ1n) is 18.0. The van der Waals surface area contributed by atoms with Crippen LogP contribution in [0, 0.1) is 5.92 Å². The minimum absolute atomic E-state index is 0.0652. The molecule has 2 saturated heterocycles. The Morgan fingerprint density at radius 1 is 0.929 bits per heavy atom. The third-order valence-electron chi connectivity index (χ3n) is 9.98. The van der Waals surface area contributed by atoms with E-state index >= 15 is 0 Å². The number of aromatic hydroxyl groups is 1. The number of phenols is 1. The van der Waals surface area contributed by atoms with Gasteiger partial charge in [-0.25, -0.2) is 0 Å². The second-order valence-corrected chi connectivity index (χ2v) is 14.7. The molecule has 2 aliphatic heterocycles. The second kappa shape index (κ2) is 16.8. The fraction of sp³-hybridized carbons (Fsp3) is 0.325. The van der Waals surface area contributed by atoms with E-state index in [0.717, 1.165) is 33.4 Å². The molecular formula is C40H39F3N6O6S. The number of thioether (sulfide) groups is 1. The van der Waals surface area contributed by atoms with Gasteiger partial charge in [0.25, 0.3) is 0 Å². The van der Waals surface area contributed by atoms with Crippen molar-refractivity contribution in [3.8, 4) is 22.6 Å². The summed E-state index contributed by atoms with van der Waals surface area (Å²) >= 11 is 1.43. The van der Waals surface area contributed by atoms with E-state index in [1.165, 1.54) is 11.8 Å². The highest BCUT2D eigenvalue weighted by atomic mass is 32.2. The van der Waals surface area contributed by atoms with Gasteiger partial charge in [-0.2, -0.15) is 17.9 Å². The number of alkyl halides is 3. The molecule has 292 valence electrons. The molecule has 16 heteroatoms.